The zero-order chi connectivity index (χ0) is 24.0. The first kappa shape index (κ1) is 24.1. The Balaban J connectivity index is 0.000000383. The number of ether oxygens (including phenoxy) is 1. The number of rotatable bonds is 5. The maximum atomic E-state index is 11.1. The largest absolute Gasteiger partial charge is 0.490 e. The third kappa shape index (κ3) is 6.47. The lowest BCUT2D eigenvalue weighted by atomic mass is 9.82. The number of carboxylic acids is 2. The Morgan fingerprint density at radius 2 is 1.70 bits per heavy atom. The highest BCUT2D eigenvalue weighted by atomic mass is 32.1. The van der Waals surface area contributed by atoms with Gasteiger partial charge in [0.1, 0.15) is 16.6 Å². The topological polar surface area (TPSA) is 151 Å². The lowest BCUT2D eigenvalue weighted by molar-refractivity contribution is -0.192. The fraction of sp³-hybridized carbons (Fsp3) is 0.368. The molecule has 2 heterocycles. The summed E-state index contributed by atoms with van der Waals surface area (Å²) < 4.78 is 37.5. The number of aromatic amines is 1. The molecule has 10 nitrogen and oxygen atoms in total. The van der Waals surface area contributed by atoms with Gasteiger partial charge in [0.2, 0.25) is 5.69 Å². The standard InChI is InChI=1S/C17H17N5O3S.C2HF3O2/c23-17(24)14-15(20-22-19-14)25-13-7-5-11(6-8-13)10-1-3-12(4-2-10)16-21-18-9-26-16;3-2(4,5)1(6)7/h1-4,9,11,13H,5-8H2,(H,23,24)(H,19,20,22);(H,6,7)/t11-,13-;. The first-order valence-corrected chi connectivity index (χ1v) is 10.5. The Hall–Kier alpha value is -3.55. The van der Waals surface area contributed by atoms with Gasteiger partial charge in [-0.05, 0) is 37.2 Å². The average Bonchev–Trinajstić information content (AvgIpc) is 3.47. The van der Waals surface area contributed by atoms with Crippen LogP contribution in [0.1, 0.15) is 47.7 Å². The Morgan fingerprint density at radius 3 is 2.21 bits per heavy atom. The molecule has 0 radical (unpaired) electrons. The van der Waals surface area contributed by atoms with E-state index in [1.165, 1.54) is 16.9 Å². The Bertz CT molecular complexity index is 1060. The monoisotopic (exact) mass is 485 g/mol. The van der Waals surface area contributed by atoms with E-state index in [1.807, 2.05) is 0 Å². The number of aliphatic carboxylic acids is 1. The highest BCUT2D eigenvalue weighted by molar-refractivity contribution is 7.12. The number of H-pyrrole nitrogens is 1. The number of hydrogen-bond donors (Lipinski definition) is 3. The van der Waals surface area contributed by atoms with E-state index in [1.54, 1.807) is 5.51 Å². The molecular weight excluding hydrogens is 467 g/mol. The number of aromatic carboxylic acids is 1. The van der Waals surface area contributed by atoms with E-state index < -0.39 is 18.1 Å². The fourth-order valence-electron chi connectivity index (χ4n) is 3.31. The summed E-state index contributed by atoms with van der Waals surface area (Å²) in [5, 5.41) is 34.7. The minimum absolute atomic E-state index is 0.0323. The molecule has 0 spiro atoms. The molecule has 4 rings (SSSR count). The molecule has 14 heteroatoms. The van der Waals surface area contributed by atoms with E-state index in [-0.39, 0.29) is 17.7 Å². The van der Waals surface area contributed by atoms with Gasteiger partial charge in [-0.3, -0.25) is 0 Å². The Labute approximate surface area is 188 Å². The van der Waals surface area contributed by atoms with Crippen LogP contribution in [0.25, 0.3) is 10.6 Å². The van der Waals surface area contributed by atoms with Crippen LogP contribution in [0.4, 0.5) is 13.2 Å². The third-order valence-electron chi connectivity index (χ3n) is 4.91. The molecule has 0 aliphatic heterocycles. The van der Waals surface area contributed by atoms with Crippen LogP contribution in [0.3, 0.4) is 0 Å². The van der Waals surface area contributed by atoms with Crippen molar-refractivity contribution in [3.63, 3.8) is 0 Å². The summed E-state index contributed by atoms with van der Waals surface area (Å²) in [7, 11) is 0. The van der Waals surface area contributed by atoms with E-state index in [0.717, 1.165) is 36.3 Å². The lowest BCUT2D eigenvalue weighted by Crippen LogP contribution is -2.24. The minimum atomic E-state index is -5.08. The molecule has 1 fully saturated rings. The second-order valence-electron chi connectivity index (χ2n) is 7.06. The molecule has 0 saturated heterocycles. The number of halogens is 3. The summed E-state index contributed by atoms with van der Waals surface area (Å²) in [4.78, 5) is 20.0. The first-order valence-electron chi connectivity index (χ1n) is 9.62. The van der Waals surface area contributed by atoms with Gasteiger partial charge in [-0.1, -0.05) is 45.9 Å². The van der Waals surface area contributed by atoms with E-state index in [9.17, 15) is 18.0 Å². The summed E-state index contributed by atoms with van der Waals surface area (Å²) in [5.41, 5.74) is 4.03. The molecule has 3 aromatic rings. The number of carbonyl (C=O) groups is 2. The predicted octanol–water partition coefficient (Wildman–Crippen LogP) is 3.76. The number of aromatic nitrogens is 5. The van der Waals surface area contributed by atoms with Crippen molar-refractivity contribution in [1.82, 2.24) is 25.6 Å². The van der Waals surface area contributed by atoms with Crippen molar-refractivity contribution in [2.75, 3.05) is 0 Å². The van der Waals surface area contributed by atoms with Crippen molar-refractivity contribution in [1.29, 1.82) is 0 Å². The number of alkyl halides is 3. The van der Waals surface area contributed by atoms with Crippen LogP contribution in [0.2, 0.25) is 0 Å². The third-order valence-corrected chi connectivity index (χ3v) is 5.65. The molecule has 2 aromatic heterocycles. The van der Waals surface area contributed by atoms with E-state index >= 15 is 0 Å². The van der Waals surface area contributed by atoms with Crippen molar-refractivity contribution in [3.05, 3.63) is 41.0 Å². The maximum Gasteiger partial charge on any atom is 0.490 e. The molecule has 0 atom stereocenters. The van der Waals surface area contributed by atoms with E-state index in [0.29, 0.717) is 5.92 Å². The van der Waals surface area contributed by atoms with Crippen LogP contribution in [0, 0.1) is 0 Å². The molecule has 0 amide bonds. The van der Waals surface area contributed by atoms with Crippen molar-refractivity contribution >= 4 is 23.3 Å². The molecule has 33 heavy (non-hydrogen) atoms. The normalized spacial score (nSPS) is 18.2. The van der Waals surface area contributed by atoms with Crippen molar-refractivity contribution in [3.8, 4) is 16.5 Å². The molecule has 0 unspecified atom stereocenters. The number of carboxylic acid groups (broad SMARTS) is 2. The molecule has 0 bridgehead atoms. The van der Waals surface area contributed by atoms with Crippen LogP contribution in [0.5, 0.6) is 5.88 Å². The molecule has 3 N–H and O–H groups in total. The predicted molar refractivity (Wildman–Crippen MR) is 108 cm³/mol. The number of nitrogens with zero attached hydrogens (tertiary/aromatic N) is 4. The summed E-state index contributed by atoms with van der Waals surface area (Å²) in [5.74, 6) is -3.32. The summed E-state index contributed by atoms with van der Waals surface area (Å²) in [6.07, 6.45) is -1.43. The second-order valence-corrected chi connectivity index (χ2v) is 7.89. The summed E-state index contributed by atoms with van der Waals surface area (Å²) in [6.45, 7) is 0. The minimum Gasteiger partial charge on any atom is -0.476 e. The van der Waals surface area contributed by atoms with Gasteiger partial charge in [0.25, 0.3) is 5.88 Å². The average molecular weight is 485 g/mol. The quantitative estimate of drug-likeness (QED) is 0.490. The highest BCUT2D eigenvalue weighted by Gasteiger charge is 2.38. The van der Waals surface area contributed by atoms with Gasteiger partial charge in [0.05, 0.1) is 0 Å². The van der Waals surface area contributed by atoms with Crippen LogP contribution in [-0.4, -0.2) is 60.0 Å². The van der Waals surface area contributed by atoms with Gasteiger partial charge in [-0.2, -0.15) is 13.2 Å². The SMILES string of the molecule is O=C(O)C(F)(F)F.O=C(O)c1[nH]nnc1O[C@H]1CC[C@H](c2ccc(-c3nncs3)cc2)CC1. The Kier molecular flexibility index (Phi) is 7.58. The number of nitrogens with one attached hydrogen (secondary N) is 1. The van der Waals surface area contributed by atoms with Crippen LogP contribution >= 0.6 is 11.3 Å². The van der Waals surface area contributed by atoms with Crippen LogP contribution in [0.15, 0.2) is 29.8 Å². The second kappa shape index (κ2) is 10.4. The lowest BCUT2D eigenvalue weighted by Gasteiger charge is -2.28. The zero-order valence-electron chi connectivity index (χ0n) is 16.8. The van der Waals surface area contributed by atoms with Crippen molar-refractivity contribution in [2.24, 2.45) is 0 Å². The number of hydrogen-bond acceptors (Lipinski definition) is 8. The molecule has 1 aliphatic rings. The molecule has 176 valence electrons. The van der Waals surface area contributed by atoms with E-state index in [4.69, 9.17) is 19.7 Å². The van der Waals surface area contributed by atoms with Crippen molar-refractivity contribution < 1.29 is 37.7 Å². The van der Waals surface area contributed by atoms with Gasteiger partial charge < -0.3 is 14.9 Å². The number of benzene rings is 1. The smallest absolute Gasteiger partial charge is 0.476 e. The first-order chi connectivity index (χ1) is 15.6. The summed E-state index contributed by atoms with van der Waals surface area (Å²) in [6, 6.07) is 8.49. The Morgan fingerprint density at radius 1 is 1.06 bits per heavy atom. The van der Waals surface area contributed by atoms with Gasteiger partial charge in [0.15, 0.2) is 0 Å². The van der Waals surface area contributed by atoms with Gasteiger partial charge in [-0.15, -0.1) is 10.2 Å². The highest BCUT2D eigenvalue weighted by Crippen LogP contribution is 2.35. The van der Waals surface area contributed by atoms with Crippen LogP contribution < -0.4 is 4.74 Å². The van der Waals surface area contributed by atoms with Gasteiger partial charge >= 0.3 is 18.1 Å². The van der Waals surface area contributed by atoms with Gasteiger partial charge in [-0.25, -0.2) is 14.7 Å². The molecule has 1 aromatic carbocycles. The van der Waals surface area contributed by atoms with Crippen molar-refractivity contribution in [2.45, 2.75) is 43.9 Å². The zero-order valence-corrected chi connectivity index (χ0v) is 17.6. The molecule has 1 aliphatic carbocycles. The van der Waals surface area contributed by atoms with Gasteiger partial charge in [0, 0.05) is 5.56 Å². The molecular formula is C19H18F3N5O5S. The van der Waals surface area contributed by atoms with E-state index in [2.05, 4.69) is 49.9 Å². The van der Waals surface area contributed by atoms with Crippen LogP contribution in [-0.2, 0) is 4.79 Å². The summed E-state index contributed by atoms with van der Waals surface area (Å²) >= 11 is 1.53. The fourth-order valence-corrected chi connectivity index (χ4v) is 3.87. The molecule has 1 saturated carbocycles. The maximum absolute atomic E-state index is 11.1.